The molecule has 2 saturated heterocycles. The first-order chi connectivity index (χ1) is 15.0. The van der Waals surface area contributed by atoms with Gasteiger partial charge in [-0.1, -0.05) is 47.5 Å². The Hall–Kier alpha value is -0.200. The second-order valence-corrected chi connectivity index (χ2v) is 10.4. The molecule has 31 heavy (non-hydrogen) atoms. The summed E-state index contributed by atoms with van der Waals surface area (Å²) >= 11 is 0. The Morgan fingerprint density at radius 2 is 1.42 bits per heavy atom. The van der Waals surface area contributed by atoms with E-state index >= 15 is 0 Å². The molecule has 4 atom stereocenters. The van der Waals surface area contributed by atoms with E-state index in [0.29, 0.717) is 24.5 Å². The molecule has 2 aliphatic heterocycles. The van der Waals surface area contributed by atoms with Crippen molar-refractivity contribution in [1.82, 2.24) is 14.7 Å². The first-order valence-electron chi connectivity index (χ1n) is 13.5. The maximum Gasteiger partial charge on any atom is 0.0900 e. The molecule has 0 aromatic carbocycles. The van der Waals surface area contributed by atoms with Gasteiger partial charge in [-0.05, 0) is 56.5 Å². The number of ether oxygens (including phenoxy) is 1. The molecule has 5 heteroatoms. The van der Waals surface area contributed by atoms with Crippen molar-refractivity contribution in [2.24, 2.45) is 17.8 Å². The van der Waals surface area contributed by atoms with E-state index in [0.717, 1.165) is 45.1 Å². The molecule has 5 nitrogen and oxygen atoms in total. The van der Waals surface area contributed by atoms with Crippen LogP contribution in [0.4, 0.5) is 0 Å². The fourth-order valence-corrected chi connectivity index (χ4v) is 5.55. The number of piperazine rings is 1. The monoisotopic (exact) mass is 439 g/mol. The third-order valence-electron chi connectivity index (χ3n) is 7.58. The van der Waals surface area contributed by atoms with Crippen molar-refractivity contribution in [2.45, 2.75) is 85.4 Å². The van der Waals surface area contributed by atoms with Gasteiger partial charge in [-0.25, -0.2) is 0 Å². The van der Waals surface area contributed by atoms with Gasteiger partial charge in [-0.3, -0.25) is 9.80 Å². The fraction of sp³-hybridized carbons (Fsp3) is 1.00. The Balaban J connectivity index is 0.00000166. The van der Waals surface area contributed by atoms with Crippen molar-refractivity contribution in [1.29, 1.82) is 0 Å². The SMILES string of the molecule is CC.CC1CCC(C(C)C)C(OCC(O)CN2CCN(CCN3CCCCC3)CC2)C1. The van der Waals surface area contributed by atoms with E-state index in [1.165, 1.54) is 58.3 Å². The average Bonchev–Trinajstić information content (AvgIpc) is 2.79. The van der Waals surface area contributed by atoms with Crippen LogP contribution >= 0.6 is 0 Å². The lowest BCUT2D eigenvalue weighted by molar-refractivity contribution is -0.0754. The van der Waals surface area contributed by atoms with Crippen LogP contribution < -0.4 is 0 Å². The van der Waals surface area contributed by atoms with E-state index < -0.39 is 0 Å². The molecule has 0 radical (unpaired) electrons. The zero-order valence-corrected chi connectivity index (χ0v) is 21.4. The highest BCUT2D eigenvalue weighted by molar-refractivity contribution is 4.82. The van der Waals surface area contributed by atoms with E-state index in [9.17, 15) is 5.11 Å². The number of hydrogen-bond acceptors (Lipinski definition) is 5. The number of likely N-dealkylation sites (tertiary alicyclic amines) is 1. The molecule has 1 saturated carbocycles. The third-order valence-corrected chi connectivity index (χ3v) is 7.58. The van der Waals surface area contributed by atoms with Gasteiger partial charge in [-0.15, -0.1) is 0 Å². The highest BCUT2D eigenvalue weighted by Crippen LogP contribution is 2.35. The maximum absolute atomic E-state index is 10.6. The minimum atomic E-state index is -0.361. The molecule has 3 aliphatic rings. The Kier molecular flexibility index (Phi) is 13.0. The number of hydrogen-bond donors (Lipinski definition) is 1. The number of aliphatic hydroxyl groups excluding tert-OH is 1. The summed E-state index contributed by atoms with van der Waals surface area (Å²) in [5.41, 5.74) is 0. The molecule has 3 rings (SSSR count). The fourth-order valence-electron chi connectivity index (χ4n) is 5.55. The number of piperidine rings is 1. The van der Waals surface area contributed by atoms with Crippen molar-refractivity contribution in [3.05, 3.63) is 0 Å². The quantitative estimate of drug-likeness (QED) is 0.589. The molecule has 0 aromatic rings. The van der Waals surface area contributed by atoms with Crippen LogP contribution in [0.3, 0.4) is 0 Å². The lowest BCUT2D eigenvalue weighted by Crippen LogP contribution is -2.51. The Morgan fingerprint density at radius 3 is 2.03 bits per heavy atom. The van der Waals surface area contributed by atoms with Crippen LogP contribution in [0, 0.1) is 17.8 Å². The predicted octanol–water partition coefficient (Wildman–Crippen LogP) is 3.95. The minimum absolute atomic E-state index is 0.333. The van der Waals surface area contributed by atoms with E-state index in [1.54, 1.807) is 0 Å². The summed E-state index contributed by atoms with van der Waals surface area (Å²) in [6.07, 6.45) is 7.91. The summed E-state index contributed by atoms with van der Waals surface area (Å²) in [7, 11) is 0. The average molecular weight is 440 g/mol. The highest BCUT2D eigenvalue weighted by Gasteiger charge is 2.32. The number of aliphatic hydroxyl groups is 1. The second kappa shape index (κ2) is 14.8. The molecule has 2 heterocycles. The molecule has 0 bridgehead atoms. The Labute approximate surface area is 193 Å². The molecule has 3 fully saturated rings. The molecule has 1 N–H and O–H groups in total. The summed E-state index contributed by atoms with van der Waals surface area (Å²) in [5.74, 6) is 2.08. The summed E-state index contributed by atoms with van der Waals surface area (Å²) in [5, 5.41) is 10.6. The van der Waals surface area contributed by atoms with Crippen LogP contribution in [-0.4, -0.2) is 97.5 Å². The van der Waals surface area contributed by atoms with Gasteiger partial charge < -0.3 is 14.7 Å². The molecule has 0 spiro atoms. The van der Waals surface area contributed by atoms with Crippen molar-refractivity contribution in [3.63, 3.8) is 0 Å². The Bertz CT molecular complexity index is 448. The molecular weight excluding hydrogens is 386 g/mol. The van der Waals surface area contributed by atoms with Crippen LogP contribution in [0.15, 0.2) is 0 Å². The predicted molar refractivity (Wildman–Crippen MR) is 132 cm³/mol. The second-order valence-electron chi connectivity index (χ2n) is 10.4. The van der Waals surface area contributed by atoms with Crippen molar-refractivity contribution in [3.8, 4) is 0 Å². The van der Waals surface area contributed by atoms with Crippen LogP contribution in [0.1, 0.15) is 73.1 Å². The minimum Gasteiger partial charge on any atom is -0.389 e. The lowest BCUT2D eigenvalue weighted by Gasteiger charge is -2.39. The van der Waals surface area contributed by atoms with Gasteiger partial charge in [0.2, 0.25) is 0 Å². The zero-order valence-electron chi connectivity index (χ0n) is 21.4. The summed E-state index contributed by atoms with van der Waals surface area (Å²) in [6, 6.07) is 0. The summed E-state index contributed by atoms with van der Waals surface area (Å²) < 4.78 is 6.26. The number of rotatable bonds is 9. The lowest BCUT2D eigenvalue weighted by atomic mass is 9.75. The molecule has 4 unspecified atom stereocenters. The topological polar surface area (TPSA) is 39.2 Å². The van der Waals surface area contributed by atoms with E-state index in [2.05, 4.69) is 35.5 Å². The van der Waals surface area contributed by atoms with Crippen LogP contribution in [-0.2, 0) is 4.74 Å². The number of nitrogens with zero attached hydrogens (tertiary/aromatic N) is 3. The smallest absolute Gasteiger partial charge is 0.0900 e. The van der Waals surface area contributed by atoms with Gasteiger partial charge in [-0.2, -0.15) is 0 Å². The van der Waals surface area contributed by atoms with Crippen LogP contribution in [0.2, 0.25) is 0 Å². The molecule has 0 amide bonds. The molecule has 1 aliphatic carbocycles. The van der Waals surface area contributed by atoms with Gasteiger partial charge in [0, 0.05) is 45.8 Å². The summed E-state index contributed by atoms with van der Waals surface area (Å²) in [6.45, 7) is 21.7. The van der Waals surface area contributed by atoms with Gasteiger partial charge >= 0.3 is 0 Å². The Morgan fingerprint density at radius 1 is 0.839 bits per heavy atom. The normalized spacial score (nSPS) is 30.1. The third kappa shape index (κ3) is 9.67. The van der Waals surface area contributed by atoms with Gasteiger partial charge in [0.25, 0.3) is 0 Å². The van der Waals surface area contributed by atoms with E-state index in [4.69, 9.17) is 4.74 Å². The van der Waals surface area contributed by atoms with Crippen molar-refractivity contribution in [2.75, 3.05) is 65.5 Å². The van der Waals surface area contributed by atoms with Crippen molar-refractivity contribution < 1.29 is 9.84 Å². The standard InChI is InChI=1S/C24H47N3O2.C2H6/c1-20(2)23-8-7-21(3)17-24(23)29-19-22(28)18-27-15-13-26(14-16-27)12-11-25-9-5-4-6-10-25;1-2/h20-24,28H,4-19H2,1-3H3;1-2H3. The van der Waals surface area contributed by atoms with Crippen LogP contribution in [0.25, 0.3) is 0 Å². The first kappa shape index (κ1) is 27.0. The highest BCUT2D eigenvalue weighted by atomic mass is 16.5. The van der Waals surface area contributed by atoms with Gasteiger partial charge in [0.1, 0.15) is 0 Å². The van der Waals surface area contributed by atoms with Crippen molar-refractivity contribution >= 4 is 0 Å². The van der Waals surface area contributed by atoms with Gasteiger partial charge in [0.15, 0.2) is 0 Å². The van der Waals surface area contributed by atoms with Crippen LogP contribution in [0.5, 0.6) is 0 Å². The zero-order chi connectivity index (χ0) is 22.6. The van der Waals surface area contributed by atoms with Gasteiger partial charge in [0.05, 0.1) is 18.8 Å². The maximum atomic E-state index is 10.6. The molecule has 184 valence electrons. The summed E-state index contributed by atoms with van der Waals surface area (Å²) in [4.78, 5) is 7.66. The molecule has 0 aromatic heterocycles. The van der Waals surface area contributed by atoms with E-state index in [-0.39, 0.29) is 6.10 Å². The largest absolute Gasteiger partial charge is 0.389 e. The molecular formula is C26H53N3O2. The first-order valence-corrected chi connectivity index (χ1v) is 13.5. The number of β-amino-alcohol motifs (C(OH)–C–C–N with tert-alkyl or cyclic N) is 1. The van der Waals surface area contributed by atoms with E-state index in [1.807, 2.05) is 13.8 Å².